The second kappa shape index (κ2) is 10.6. The SMILES string of the molecule is [2H]C([2H])([2H])Oc1c(C)c2c(c(O[C@@H]3OC(C(=O)O)[C@@H](O)[C@H](O)C3O)c1C/C=C(\C)CCC(=O)O)C(=O)OC2. The van der Waals surface area contributed by atoms with Gasteiger partial charge in [0.2, 0.25) is 6.29 Å². The Morgan fingerprint density at radius 2 is 1.86 bits per heavy atom. The minimum absolute atomic E-state index is 0.00538. The number of fused-ring (bicyclic) bond motifs is 1. The zero-order valence-corrected chi connectivity index (χ0v) is 18.9. The smallest absolute Gasteiger partial charge is 0.342 e. The van der Waals surface area contributed by atoms with Gasteiger partial charge in [-0.15, -0.1) is 0 Å². The third kappa shape index (κ3) is 5.25. The lowest BCUT2D eigenvalue weighted by Crippen LogP contribution is -2.61. The van der Waals surface area contributed by atoms with E-state index in [0.29, 0.717) is 5.57 Å². The van der Waals surface area contributed by atoms with Gasteiger partial charge in [-0.3, -0.25) is 4.79 Å². The molecule has 0 saturated carbocycles. The van der Waals surface area contributed by atoms with Crippen LogP contribution in [0.3, 0.4) is 0 Å². The summed E-state index contributed by atoms with van der Waals surface area (Å²) in [5, 5.41) is 48.9. The number of carboxylic acid groups (broad SMARTS) is 2. The van der Waals surface area contributed by atoms with Crippen LogP contribution in [0.25, 0.3) is 0 Å². The van der Waals surface area contributed by atoms with E-state index in [1.54, 1.807) is 13.0 Å². The van der Waals surface area contributed by atoms with E-state index in [4.69, 9.17) is 28.2 Å². The first-order chi connectivity index (χ1) is 17.6. The van der Waals surface area contributed by atoms with Crippen molar-refractivity contribution in [2.75, 3.05) is 7.04 Å². The summed E-state index contributed by atoms with van der Waals surface area (Å²) in [6.45, 7) is 2.89. The van der Waals surface area contributed by atoms with E-state index in [-0.39, 0.29) is 59.6 Å². The van der Waals surface area contributed by atoms with Crippen molar-refractivity contribution in [3.05, 3.63) is 33.9 Å². The quantitative estimate of drug-likeness (QED) is 0.231. The van der Waals surface area contributed by atoms with Gasteiger partial charge < -0.3 is 44.5 Å². The lowest BCUT2D eigenvalue weighted by atomic mass is 9.94. The van der Waals surface area contributed by atoms with E-state index in [0.717, 1.165) is 0 Å². The zero-order valence-electron chi connectivity index (χ0n) is 21.9. The van der Waals surface area contributed by atoms with E-state index >= 15 is 0 Å². The van der Waals surface area contributed by atoms with Gasteiger partial charge in [-0.1, -0.05) is 11.6 Å². The van der Waals surface area contributed by atoms with Gasteiger partial charge in [-0.05, 0) is 32.3 Å². The molecule has 2 aliphatic heterocycles. The molecule has 1 saturated heterocycles. The van der Waals surface area contributed by atoms with E-state index in [2.05, 4.69) is 0 Å². The first kappa shape index (κ1) is 22.3. The Bertz CT molecular complexity index is 1150. The minimum atomic E-state index is -2.94. The van der Waals surface area contributed by atoms with Crippen LogP contribution in [-0.2, 0) is 32.1 Å². The summed E-state index contributed by atoms with van der Waals surface area (Å²) in [5.41, 5.74) is 0.937. The maximum Gasteiger partial charge on any atom is 0.342 e. The van der Waals surface area contributed by atoms with Gasteiger partial charge in [-0.25, -0.2) is 9.59 Å². The van der Waals surface area contributed by atoms with Crippen LogP contribution in [0.2, 0.25) is 0 Å². The van der Waals surface area contributed by atoms with E-state index in [1.165, 1.54) is 6.92 Å². The number of aliphatic hydroxyl groups is 3. The Balaban J connectivity index is 2.16. The molecule has 192 valence electrons. The molecule has 1 aromatic carbocycles. The molecule has 0 radical (unpaired) electrons. The van der Waals surface area contributed by atoms with Gasteiger partial charge in [0, 0.05) is 17.5 Å². The fourth-order valence-corrected chi connectivity index (χ4v) is 3.95. The molecule has 3 rings (SSSR count). The highest BCUT2D eigenvalue weighted by molar-refractivity contribution is 5.98. The van der Waals surface area contributed by atoms with Gasteiger partial charge in [0.25, 0.3) is 0 Å². The Labute approximate surface area is 204 Å². The standard InChI is InChI=1S/C23H28O12/c1-9(5-7-13(24)25)4-6-11-18(32-3)10(2)12-8-33-22(31)14(12)19(11)34-23-17(28)15(26)16(27)20(35-23)21(29)30/h4,15-17,20,23,26-28H,5-8H2,1-3H3,(H,24,25)(H,29,30)/b9-4+/t15-,16-,17?,20?,23+/m0/s1/i3D3. The number of allylic oxidation sites excluding steroid dienone is 2. The Hall–Kier alpha value is -3.19. The van der Waals surface area contributed by atoms with Crippen molar-refractivity contribution in [2.24, 2.45) is 0 Å². The minimum Gasteiger partial charge on any atom is -0.496 e. The number of aliphatic hydroxyl groups excluding tert-OH is 3. The maximum atomic E-state index is 12.7. The van der Waals surface area contributed by atoms with Crippen LogP contribution in [0, 0.1) is 6.92 Å². The number of benzene rings is 1. The average molecular weight is 499 g/mol. The first-order valence-electron chi connectivity index (χ1n) is 12.1. The Morgan fingerprint density at radius 1 is 1.14 bits per heavy atom. The summed E-state index contributed by atoms with van der Waals surface area (Å²) >= 11 is 0. The van der Waals surface area contributed by atoms with E-state index < -0.39 is 55.7 Å². The van der Waals surface area contributed by atoms with Crippen molar-refractivity contribution in [3.63, 3.8) is 0 Å². The van der Waals surface area contributed by atoms with Crippen molar-refractivity contribution in [3.8, 4) is 11.5 Å². The third-order valence-electron chi connectivity index (χ3n) is 5.96. The second-order valence-corrected chi connectivity index (χ2v) is 8.29. The summed E-state index contributed by atoms with van der Waals surface area (Å²) in [5.74, 6) is -4.07. The normalized spacial score (nSPS) is 27.8. The number of carbonyl (C=O) groups excluding carboxylic acids is 1. The number of carboxylic acids is 2. The van der Waals surface area contributed by atoms with Gasteiger partial charge in [-0.2, -0.15) is 0 Å². The summed E-state index contributed by atoms with van der Waals surface area (Å²) in [4.78, 5) is 35.1. The topological polar surface area (TPSA) is 189 Å². The molecule has 0 bridgehead atoms. The molecular weight excluding hydrogens is 468 g/mol. The van der Waals surface area contributed by atoms with Crippen LogP contribution < -0.4 is 9.47 Å². The van der Waals surface area contributed by atoms with Gasteiger partial charge in [0.1, 0.15) is 42.0 Å². The number of aliphatic carboxylic acids is 2. The number of cyclic esters (lactones) is 1. The van der Waals surface area contributed by atoms with Crippen molar-refractivity contribution in [2.45, 2.75) is 70.4 Å². The molecule has 0 amide bonds. The number of carbonyl (C=O) groups is 3. The molecule has 2 unspecified atom stereocenters. The molecule has 35 heavy (non-hydrogen) atoms. The third-order valence-corrected chi connectivity index (χ3v) is 5.96. The highest BCUT2D eigenvalue weighted by Gasteiger charge is 2.49. The largest absolute Gasteiger partial charge is 0.496 e. The first-order valence-corrected chi connectivity index (χ1v) is 10.6. The maximum absolute atomic E-state index is 12.7. The lowest BCUT2D eigenvalue weighted by Gasteiger charge is -2.39. The van der Waals surface area contributed by atoms with Crippen molar-refractivity contribution >= 4 is 17.9 Å². The fourth-order valence-electron chi connectivity index (χ4n) is 3.95. The highest BCUT2D eigenvalue weighted by atomic mass is 16.7. The molecule has 2 heterocycles. The van der Waals surface area contributed by atoms with E-state index in [9.17, 15) is 34.8 Å². The summed E-state index contributed by atoms with van der Waals surface area (Å²) in [6.07, 6.45) is -8.44. The molecule has 0 aromatic heterocycles. The molecular formula is C23H28O12. The number of methoxy groups -OCH3 is 1. The predicted octanol–water partition coefficient (Wildman–Crippen LogP) is 0.299. The Kier molecular flexibility index (Phi) is 6.75. The predicted molar refractivity (Wildman–Crippen MR) is 116 cm³/mol. The molecule has 1 fully saturated rings. The van der Waals surface area contributed by atoms with Crippen molar-refractivity contribution in [1.82, 2.24) is 0 Å². The summed E-state index contributed by atoms with van der Waals surface area (Å²) in [7, 11) is -2.94. The van der Waals surface area contributed by atoms with Gasteiger partial charge >= 0.3 is 17.9 Å². The summed E-state index contributed by atoms with van der Waals surface area (Å²) < 4.78 is 44.1. The molecule has 12 nitrogen and oxygen atoms in total. The van der Waals surface area contributed by atoms with E-state index in [1.807, 2.05) is 0 Å². The molecule has 0 aliphatic carbocycles. The molecule has 0 spiro atoms. The zero-order chi connectivity index (χ0) is 28.5. The highest BCUT2D eigenvalue weighted by Crippen LogP contribution is 2.44. The molecule has 12 heteroatoms. The molecule has 5 atom stereocenters. The van der Waals surface area contributed by atoms with Crippen molar-refractivity contribution < 1.29 is 63.0 Å². The summed E-state index contributed by atoms with van der Waals surface area (Å²) in [6, 6.07) is 0. The monoisotopic (exact) mass is 499 g/mol. The molecule has 5 N–H and O–H groups in total. The second-order valence-electron chi connectivity index (χ2n) is 8.29. The van der Waals surface area contributed by atoms with Crippen molar-refractivity contribution in [1.29, 1.82) is 0 Å². The molecule has 2 aliphatic rings. The van der Waals surface area contributed by atoms with Gasteiger partial charge in [0.05, 0.1) is 11.2 Å². The van der Waals surface area contributed by atoms with Gasteiger partial charge in [0.15, 0.2) is 6.10 Å². The fraction of sp³-hybridized carbons (Fsp3) is 0.522. The van der Waals surface area contributed by atoms with Crippen LogP contribution in [0.5, 0.6) is 11.5 Å². The van der Waals surface area contributed by atoms with Crippen LogP contribution in [0.1, 0.15) is 50.9 Å². The van der Waals surface area contributed by atoms with Crippen LogP contribution in [0.4, 0.5) is 0 Å². The van der Waals surface area contributed by atoms with Crippen LogP contribution >= 0.6 is 0 Å². The number of hydrogen-bond donors (Lipinski definition) is 5. The van der Waals surface area contributed by atoms with Crippen LogP contribution in [-0.4, -0.2) is 81.2 Å². The number of hydrogen-bond acceptors (Lipinski definition) is 10. The van der Waals surface area contributed by atoms with Crippen LogP contribution in [0.15, 0.2) is 11.6 Å². The number of esters is 1. The lowest BCUT2D eigenvalue weighted by molar-refractivity contribution is -0.271. The number of rotatable bonds is 9. The molecule has 1 aromatic rings. The average Bonchev–Trinajstić information content (AvgIpc) is 3.20. The Morgan fingerprint density at radius 3 is 2.49 bits per heavy atom. The number of ether oxygens (including phenoxy) is 4.